The summed E-state index contributed by atoms with van der Waals surface area (Å²) in [7, 11) is 0. The van der Waals surface area contributed by atoms with Gasteiger partial charge < -0.3 is 5.32 Å². The molecule has 0 aliphatic heterocycles. The summed E-state index contributed by atoms with van der Waals surface area (Å²) in [4.78, 5) is 4.25. The summed E-state index contributed by atoms with van der Waals surface area (Å²) >= 11 is 5.78. The Hall–Kier alpha value is -0.600. The van der Waals surface area contributed by atoms with Crippen LogP contribution in [-0.4, -0.2) is 11.0 Å². The summed E-state index contributed by atoms with van der Waals surface area (Å²) in [5.41, 5.74) is 1.04. The van der Waals surface area contributed by atoms with Crippen molar-refractivity contribution in [2.75, 3.05) is 0 Å². The average molecular weight is 241 g/mol. The van der Waals surface area contributed by atoms with Gasteiger partial charge in [-0.2, -0.15) is 0 Å². The van der Waals surface area contributed by atoms with E-state index < -0.39 is 0 Å². The number of aromatic nitrogens is 1. The fraction of sp³-hybridized carbons (Fsp3) is 0.615. The number of nitrogens with zero attached hydrogens (tertiary/aromatic N) is 1. The first-order valence-electron chi connectivity index (χ1n) is 5.91. The van der Waals surface area contributed by atoms with Crippen molar-refractivity contribution in [3.8, 4) is 0 Å². The zero-order chi connectivity index (χ0) is 12.0. The second kappa shape index (κ2) is 6.87. The first-order valence-corrected chi connectivity index (χ1v) is 6.29. The van der Waals surface area contributed by atoms with E-state index in [0.29, 0.717) is 11.1 Å². The predicted molar refractivity (Wildman–Crippen MR) is 69.6 cm³/mol. The molecule has 0 aliphatic rings. The normalized spacial score (nSPS) is 13.1. The quantitative estimate of drug-likeness (QED) is 0.821. The van der Waals surface area contributed by atoms with Crippen molar-refractivity contribution in [2.45, 2.75) is 46.2 Å². The van der Waals surface area contributed by atoms with Gasteiger partial charge >= 0.3 is 0 Å². The highest BCUT2D eigenvalue weighted by atomic mass is 35.5. The van der Waals surface area contributed by atoms with Crippen molar-refractivity contribution >= 4 is 11.6 Å². The van der Waals surface area contributed by atoms with Crippen LogP contribution in [0.25, 0.3) is 0 Å². The second-order valence-electron chi connectivity index (χ2n) is 4.72. The SMILES string of the molecule is CC(C)CCC(C)NCc1ccc(Cl)cn1. The van der Waals surface area contributed by atoms with Crippen molar-refractivity contribution in [2.24, 2.45) is 5.92 Å². The van der Waals surface area contributed by atoms with Gasteiger partial charge in [0.15, 0.2) is 0 Å². The lowest BCUT2D eigenvalue weighted by atomic mass is 10.0. The zero-order valence-corrected chi connectivity index (χ0v) is 11.1. The Morgan fingerprint density at radius 1 is 1.25 bits per heavy atom. The summed E-state index contributed by atoms with van der Waals surface area (Å²) < 4.78 is 0. The lowest BCUT2D eigenvalue weighted by molar-refractivity contribution is 0.449. The van der Waals surface area contributed by atoms with Crippen LogP contribution in [0.5, 0.6) is 0 Å². The number of nitrogens with one attached hydrogen (secondary N) is 1. The molecule has 1 heterocycles. The molecule has 1 rings (SSSR count). The molecule has 3 heteroatoms. The Bertz CT molecular complexity index is 295. The van der Waals surface area contributed by atoms with E-state index >= 15 is 0 Å². The third-order valence-electron chi connectivity index (χ3n) is 2.60. The maximum absolute atomic E-state index is 5.78. The van der Waals surface area contributed by atoms with Gasteiger partial charge in [-0.15, -0.1) is 0 Å². The molecule has 16 heavy (non-hydrogen) atoms. The molecule has 1 atom stereocenters. The lowest BCUT2D eigenvalue weighted by Crippen LogP contribution is -2.26. The highest BCUT2D eigenvalue weighted by Gasteiger charge is 2.03. The topological polar surface area (TPSA) is 24.9 Å². The van der Waals surface area contributed by atoms with Gasteiger partial charge in [0.25, 0.3) is 0 Å². The number of pyridine rings is 1. The predicted octanol–water partition coefficient (Wildman–Crippen LogP) is 3.65. The Labute approximate surface area is 103 Å². The van der Waals surface area contributed by atoms with E-state index in [-0.39, 0.29) is 0 Å². The molecule has 1 aromatic heterocycles. The van der Waals surface area contributed by atoms with E-state index in [2.05, 4.69) is 31.1 Å². The molecule has 2 nitrogen and oxygen atoms in total. The minimum absolute atomic E-state index is 0.542. The Kier molecular flexibility index (Phi) is 5.78. The molecule has 90 valence electrons. The molecule has 0 bridgehead atoms. The van der Waals surface area contributed by atoms with Crippen molar-refractivity contribution in [3.63, 3.8) is 0 Å². The van der Waals surface area contributed by atoms with Gasteiger partial charge in [-0.1, -0.05) is 25.4 Å². The molecule has 0 spiro atoms. The van der Waals surface area contributed by atoms with Crippen LogP contribution in [0.2, 0.25) is 5.02 Å². The van der Waals surface area contributed by atoms with Gasteiger partial charge in [-0.3, -0.25) is 4.98 Å². The van der Waals surface area contributed by atoms with Gasteiger partial charge in [-0.05, 0) is 37.8 Å². The van der Waals surface area contributed by atoms with E-state index in [1.54, 1.807) is 6.20 Å². The maximum Gasteiger partial charge on any atom is 0.0589 e. The van der Waals surface area contributed by atoms with Crippen LogP contribution in [0.3, 0.4) is 0 Å². The first-order chi connectivity index (χ1) is 7.58. The number of rotatable bonds is 6. The van der Waals surface area contributed by atoms with Crippen LogP contribution < -0.4 is 5.32 Å². The van der Waals surface area contributed by atoms with Gasteiger partial charge in [0, 0.05) is 18.8 Å². The van der Waals surface area contributed by atoms with Crippen LogP contribution in [0.4, 0.5) is 0 Å². The molecule has 0 amide bonds. The molecule has 0 aromatic carbocycles. The number of halogens is 1. The lowest BCUT2D eigenvalue weighted by Gasteiger charge is -2.14. The van der Waals surface area contributed by atoms with Crippen molar-refractivity contribution in [1.29, 1.82) is 0 Å². The summed E-state index contributed by atoms with van der Waals surface area (Å²) in [5, 5.41) is 4.16. The van der Waals surface area contributed by atoms with E-state index in [1.165, 1.54) is 12.8 Å². The Morgan fingerprint density at radius 2 is 2.00 bits per heavy atom. The van der Waals surface area contributed by atoms with E-state index in [1.807, 2.05) is 12.1 Å². The summed E-state index contributed by atoms with van der Waals surface area (Å²) in [6, 6.07) is 4.38. The van der Waals surface area contributed by atoms with Gasteiger partial charge in [-0.25, -0.2) is 0 Å². The zero-order valence-electron chi connectivity index (χ0n) is 10.3. The molecule has 0 radical (unpaired) electrons. The smallest absolute Gasteiger partial charge is 0.0589 e. The maximum atomic E-state index is 5.78. The number of hydrogen-bond acceptors (Lipinski definition) is 2. The fourth-order valence-electron chi connectivity index (χ4n) is 1.48. The largest absolute Gasteiger partial charge is 0.309 e. The molecular weight excluding hydrogens is 220 g/mol. The standard InChI is InChI=1S/C13H21ClN2/c1-10(2)4-5-11(3)15-9-13-7-6-12(14)8-16-13/h6-8,10-11,15H,4-5,9H2,1-3H3. The minimum atomic E-state index is 0.542. The molecular formula is C13H21ClN2. The molecule has 0 fully saturated rings. The summed E-state index contributed by atoms with van der Waals surface area (Å²) in [5.74, 6) is 0.776. The molecule has 1 aromatic rings. The molecule has 1 unspecified atom stereocenters. The van der Waals surface area contributed by atoms with Gasteiger partial charge in [0.1, 0.15) is 0 Å². The molecule has 0 saturated carbocycles. The molecule has 1 N–H and O–H groups in total. The van der Waals surface area contributed by atoms with Gasteiger partial charge in [0.05, 0.1) is 10.7 Å². The van der Waals surface area contributed by atoms with Crippen LogP contribution in [0.1, 0.15) is 39.3 Å². The van der Waals surface area contributed by atoms with Crippen LogP contribution >= 0.6 is 11.6 Å². The Balaban J connectivity index is 2.26. The van der Waals surface area contributed by atoms with E-state index in [0.717, 1.165) is 18.2 Å². The molecule has 0 aliphatic carbocycles. The Morgan fingerprint density at radius 3 is 2.56 bits per heavy atom. The highest BCUT2D eigenvalue weighted by Crippen LogP contribution is 2.08. The van der Waals surface area contributed by atoms with E-state index in [9.17, 15) is 0 Å². The molecule has 0 saturated heterocycles. The van der Waals surface area contributed by atoms with Crippen LogP contribution in [-0.2, 0) is 6.54 Å². The third-order valence-corrected chi connectivity index (χ3v) is 2.82. The summed E-state index contributed by atoms with van der Waals surface area (Å²) in [6.07, 6.45) is 4.17. The highest BCUT2D eigenvalue weighted by molar-refractivity contribution is 6.30. The van der Waals surface area contributed by atoms with Crippen LogP contribution in [0.15, 0.2) is 18.3 Å². The van der Waals surface area contributed by atoms with E-state index in [4.69, 9.17) is 11.6 Å². The summed E-state index contributed by atoms with van der Waals surface area (Å²) in [6.45, 7) is 7.55. The van der Waals surface area contributed by atoms with Crippen LogP contribution in [0, 0.1) is 5.92 Å². The van der Waals surface area contributed by atoms with Gasteiger partial charge in [0.2, 0.25) is 0 Å². The third kappa shape index (κ3) is 5.47. The fourth-order valence-corrected chi connectivity index (χ4v) is 1.59. The minimum Gasteiger partial charge on any atom is -0.309 e. The monoisotopic (exact) mass is 240 g/mol. The first kappa shape index (κ1) is 13.5. The van der Waals surface area contributed by atoms with Crippen molar-refractivity contribution in [3.05, 3.63) is 29.0 Å². The number of hydrogen-bond donors (Lipinski definition) is 1. The average Bonchev–Trinajstić information content (AvgIpc) is 2.25. The second-order valence-corrected chi connectivity index (χ2v) is 5.16. The van der Waals surface area contributed by atoms with Crippen molar-refractivity contribution < 1.29 is 0 Å². The van der Waals surface area contributed by atoms with Crippen molar-refractivity contribution in [1.82, 2.24) is 10.3 Å².